The average Bonchev–Trinajstić information content (AvgIpc) is 2.87. The maximum atomic E-state index is 11.9. The molecular formula is C30H42O8. The molecule has 0 unspecified atom stereocenters. The topological polar surface area (TPSA) is 134 Å². The smallest absolute Gasteiger partial charge is 0.341 e. The molecule has 0 aromatic heterocycles. The lowest BCUT2D eigenvalue weighted by molar-refractivity contribution is 0.0484. The predicted octanol–water partition coefficient (Wildman–Crippen LogP) is 6.98. The Kier molecular flexibility index (Phi) is 14.5. The number of unbranched alkanes of at least 4 members (excludes halogenated alkanes) is 13. The van der Waals surface area contributed by atoms with Crippen LogP contribution in [-0.4, -0.2) is 45.6 Å². The Morgan fingerprint density at radius 3 is 1.05 bits per heavy atom. The Morgan fingerprint density at radius 1 is 0.474 bits per heavy atom. The molecule has 0 amide bonds. The van der Waals surface area contributed by atoms with Gasteiger partial charge in [0.25, 0.3) is 0 Å². The van der Waals surface area contributed by atoms with E-state index in [1.54, 1.807) is 0 Å². The average molecular weight is 531 g/mol. The maximum Gasteiger partial charge on any atom is 0.341 e. The highest BCUT2D eigenvalue weighted by Crippen LogP contribution is 2.24. The highest BCUT2D eigenvalue weighted by atomic mass is 16.5. The van der Waals surface area contributed by atoms with Crippen molar-refractivity contribution in [2.45, 2.75) is 89.9 Å². The van der Waals surface area contributed by atoms with Crippen LogP contribution in [0.15, 0.2) is 36.4 Å². The van der Waals surface area contributed by atoms with Gasteiger partial charge in [0.05, 0.1) is 13.2 Å². The number of hydrogen-bond acceptors (Lipinski definition) is 8. The highest BCUT2D eigenvalue weighted by Gasteiger charge is 2.13. The fourth-order valence-electron chi connectivity index (χ4n) is 4.20. The van der Waals surface area contributed by atoms with E-state index in [1.807, 2.05) is 0 Å². The van der Waals surface area contributed by atoms with Crippen LogP contribution in [0.4, 0.5) is 0 Å². The second-order valence-corrected chi connectivity index (χ2v) is 9.62. The fraction of sp³-hybridized carbons (Fsp3) is 0.533. The summed E-state index contributed by atoms with van der Waals surface area (Å²) in [5, 5.41) is 37.9. The van der Waals surface area contributed by atoms with Gasteiger partial charge in [0, 0.05) is 12.1 Å². The Morgan fingerprint density at radius 2 is 0.763 bits per heavy atom. The second kappa shape index (κ2) is 17.9. The van der Waals surface area contributed by atoms with Crippen molar-refractivity contribution in [3.63, 3.8) is 0 Å². The van der Waals surface area contributed by atoms with Gasteiger partial charge in [-0.1, -0.05) is 77.0 Å². The van der Waals surface area contributed by atoms with Gasteiger partial charge >= 0.3 is 11.9 Å². The summed E-state index contributed by atoms with van der Waals surface area (Å²) in [6.45, 7) is 0.656. The zero-order chi connectivity index (χ0) is 27.6. The van der Waals surface area contributed by atoms with Crippen molar-refractivity contribution in [1.82, 2.24) is 0 Å². The normalized spacial score (nSPS) is 10.8. The first-order valence-corrected chi connectivity index (χ1v) is 13.8. The molecule has 4 N–H and O–H groups in total. The predicted molar refractivity (Wildman–Crippen MR) is 145 cm³/mol. The van der Waals surface area contributed by atoms with Gasteiger partial charge in [-0.3, -0.25) is 0 Å². The number of phenols is 4. The molecule has 0 saturated heterocycles. The third-order valence-electron chi connectivity index (χ3n) is 6.41. The van der Waals surface area contributed by atoms with Gasteiger partial charge < -0.3 is 29.9 Å². The second-order valence-electron chi connectivity index (χ2n) is 9.62. The van der Waals surface area contributed by atoms with Crippen molar-refractivity contribution in [3.8, 4) is 23.0 Å². The molecular weight excluding hydrogens is 488 g/mol. The third-order valence-corrected chi connectivity index (χ3v) is 6.41. The number of carbonyl (C=O) groups is 2. The summed E-state index contributed by atoms with van der Waals surface area (Å²) in [5.41, 5.74) is 0.131. The van der Waals surface area contributed by atoms with Gasteiger partial charge in [-0.15, -0.1) is 0 Å². The summed E-state index contributed by atoms with van der Waals surface area (Å²) in [7, 11) is 0. The van der Waals surface area contributed by atoms with Crippen molar-refractivity contribution in [3.05, 3.63) is 47.5 Å². The molecule has 2 aromatic carbocycles. The van der Waals surface area contributed by atoms with Gasteiger partial charge in [-0.05, 0) is 37.1 Å². The Balaban J connectivity index is 1.32. The zero-order valence-corrected chi connectivity index (χ0v) is 22.2. The summed E-state index contributed by atoms with van der Waals surface area (Å²) in [5.74, 6) is -1.89. The van der Waals surface area contributed by atoms with E-state index in [4.69, 9.17) is 9.47 Å². The summed E-state index contributed by atoms with van der Waals surface area (Å²) in [6, 6.07) is 7.64. The zero-order valence-electron chi connectivity index (χ0n) is 22.2. The molecule has 0 heterocycles. The van der Waals surface area contributed by atoms with Crippen LogP contribution in [0.1, 0.15) is 111 Å². The lowest BCUT2D eigenvalue weighted by Gasteiger charge is -2.07. The van der Waals surface area contributed by atoms with Crippen LogP contribution in [0.2, 0.25) is 0 Å². The van der Waals surface area contributed by atoms with E-state index in [0.717, 1.165) is 50.7 Å². The van der Waals surface area contributed by atoms with Crippen LogP contribution in [-0.2, 0) is 9.47 Å². The van der Waals surface area contributed by atoms with Crippen molar-refractivity contribution in [2.75, 3.05) is 13.2 Å². The Bertz CT molecular complexity index is 909. The van der Waals surface area contributed by atoms with Gasteiger partial charge in [0.15, 0.2) is 0 Å². The number of phenolic OH excluding ortho intramolecular Hbond substituents is 4. The van der Waals surface area contributed by atoms with Crippen LogP contribution in [0.3, 0.4) is 0 Å². The van der Waals surface area contributed by atoms with Crippen molar-refractivity contribution < 1.29 is 39.5 Å². The molecule has 0 fully saturated rings. The molecule has 210 valence electrons. The minimum atomic E-state index is -0.572. The summed E-state index contributed by atoms with van der Waals surface area (Å²) >= 11 is 0. The van der Waals surface area contributed by atoms with Gasteiger partial charge in [0.1, 0.15) is 34.1 Å². The fourth-order valence-corrected chi connectivity index (χ4v) is 4.20. The molecule has 0 spiro atoms. The van der Waals surface area contributed by atoms with Crippen molar-refractivity contribution in [1.29, 1.82) is 0 Å². The molecule has 0 bridgehead atoms. The number of rotatable bonds is 19. The van der Waals surface area contributed by atoms with Crippen LogP contribution in [0, 0.1) is 0 Å². The maximum absolute atomic E-state index is 11.9. The van der Waals surface area contributed by atoms with Crippen LogP contribution in [0.25, 0.3) is 0 Å². The first-order chi connectivity index (χ1) is 18.4. The molecule has 2 rings (SSSR count). The van der Waals surface area contributed by atoms with E-state index >= 15 is 0 Å². The van der Waals surface area contributed by atoms with E-state index < -0.39 is 11.9 Å². The molecule has 0 saturated carbocycles. The molecule has 8 heteroatoms. The molecule has 0 aliphatic rings. The quantitative estimate of drug-likeness (QED) is 0.113. The SMILES string of the molecule is O=C(OCCCCCCCCCCCCCCCCOC(=O)c1ccc(O)cc1O)c1ccc(O)cc1O. The largest absolute Gasteiger partial charge is 0.508 e. The molecule has 2 aromatic rings. The number of ether oxygens (including phenoxy) is 2. The Hall–Kier alpha value is -3.42. The molecule has 38 heavy (non-hydrogen) atoms. The van der Waals surface area contributed by atoms with Gasteiger partial charge in [-0.2, -0.15) is 0 Å². The van der Waals surface area contributed by atoms with E-state index in [9.17, 15) is 30.0 Å². The van der Waals surface area contributed by atoms with Crippen LogP contribution < -0.4 is 0 Å². The first-order valence-electron chi connectivity index (χ1n) is 13.8. The molecule has 8 nitrogen and oxygen atoms in total. The summed E-state index contributed by atoms with van der Waals surface area (Å²) in [6.07, 6.45) is 15.7. The monoisotopic (exact) mass is 530 g/mol. The van der Waals surface area contributed by atoms with Gasteiger partial charge in [0.2, 0.25) is 0 Å². The lowest BCUT2D eigenvalue weighted by atomic mass is 10.0. The molecule has 0 aliphatic heterocycles. The third kappa shape index (κ3) is 12.2. The molecule has 0 radical (unpaired) electrons. The van der Waals surface area contributed by atoms with Crippen molar-refractivity contribution >= 4 is 11.9 Å². The number of carbonyl (C=O) groups excluding carboxylic acids is 2. The van der Waals surface area contributed by atoms with E-state index in [0.29, 0.717) is 13.2 Å². The van der Waals surface area contributed by atoms with Crippen LogP contribution >= 0.6 is 0 Å². The first kappa shape index (κ1) is 30.8. The minimum Gasteiger partial charge on any atom is -0.508 e. The minimum absolute atomic E-state index is 0.0656. The number of benzene rings is 2. The number of hydrogen-bond donors (Lipinski definition) is 4. The standard InChI is InChI=1S/C30H42O8/c31-23-15-17-25(27(33)21-23)29(35)37-19-13-11-9-7-5-3-1-2-4-6-8-10-12-14-20-38-30(36)26-18-16-24(32)22-28(26)34/h15-18,21-22,31-34H,1-14,19-20H2. The molecule has 0 aliphatic carbocycles. The van der Waals surface area contributed by atoms with E-state index in [-0.39, 0.29) is 34.1 Å². The van der Waals surface area contributed by atoms with Crippen LogP contribution in [0.5, 0.6) is 23.0 Å². The summed E-state index contributed by atoms with van der Waals surface area (Å²) < 4.78 is 10.4. The van der Waals surface area contributed by atoms with Gasteiger partial charge in [-0.25, -0.2) is 9.59 Å². The molecule has 0 atom stereocenters. The number of esters is 2. The Labute approximate surface area is 225 Å². The number of aromatic hydroxyl groups is 4. The summed E-state index contributed by atoms with van der Waals surface area (Å²) in [4.78, 5) is 23.9. The van der Waals surface area contributed by atoms with E-state index in [1.165, 1.54) is 75.6 Å². The lowest BCUT2D eigenvalue weighted by Crippen LogP contribution is -2.06. The highest BCUT2D eigenvalue weighted by molar-refractivity contribution is 5.93. The van der Waals surface area contributed by atoms with E-state index in [2.05, 4.69) is 0 Å². The van der Waals surface area contributed by atoms with Crippen molar-refractivity contribution in [2.24, 2.45) is 0 Å².